The fourth-order valence-corrected chi connectivity index (χ4v) is 3.58. The molecular formula is C20H20O. The van der Waals surface area contributed by atoms with Gasteiger partial charge >= 0.3 is 0 Å². The van der Waals surface area contributed by atoms with Crippen LogP contribution in [0.15, 0.2) is 60.2 Å². The quantitative estimate of drug-likeness (QED) is 0.785. The molecule has 2 aliphatic rings. The zero-order valence-electron chi connectivity index (χ0n) is 12.2. The van der Waals surface area contributed by atoms with Gasteiger partial charge in [-0.05, 0) is 47.9 Å². The molecule has 0 N–H and O–H groups in total. The van der Waals surface area contributed by atoms with Crippen molar-refractivity contribution in [2.45, 2.75) is 38.4 Å². The van der Waals surface area contributed by atoms with Gasteiger partial charge in [0, 0.05) is 0 Å². The predicted octanol–water partition coefficient (Wildman–Crippen LogP) is 4.77. The lowest BCUT2D eigenvalue weighted by Gasteiger charge is -2.24. The monoisotopic (exact) mass is 276 g/mol. The minimum atomic E-state index is 0.370. The molecule has 4 rings (SSSR count). The zero-order valence-corrected chi connectivity index (χ0v) is 12.2. The third-order valence-electron chi connectivity index (χ3n) is 4.70. The predicted molar refractivity (Wildman–Crippen MR) is 85.9 cm³/mol. The number of hydrogen-bond donors (Lipinski definition) is 0. The van der Waals surface area contributed by atoms with Gasteiger partial charge < -0.3 is 4.74 Å². The highest BCUT2D eigenvalue weighted by atomic mass is 16.5. The van der Waals surface area contributed by atoms with Gasteiger partial charge in [-0.15, -0.1) is 0 Å². The van der Waals surface area contributed by atoms with Crippen molar-refractivity contribution < 1.29 is 4.74 Å². The van der Waals surface area contributed by atoms with Crippen LogP contribution in [-0.2, 0) is 17.8 Å². The average Bonchev–Trinajstić information content (AvgIpc) is 2.92. The molecule has 0 aromatic heterocycles. The van der Waals surface area contributed by atoms with E-state index in [4.69, 9.17) is 4.74 Å². The number of allylic oxidation sites excluding steroid dienone is 1. The van der Waals surface area contributed by atoms with Gasteiger partial charge in [0.2, 0.25) is 0 Å². The summed E-state index contributed by atoms with van der Waals surface area (Å²) in [5, 5.41) is 0. The van der Waals surface area contributed by atoms with E-state index in [-0.39, 0.29) is 0 Å². The molecule has 2 aromatic rings. The van der Waals surface area contributed by atoms with Crippen LogP contribution in [-0.4, -0.2) is 6.10 Å². The number of rotatable bonds is 3. The summed E-state index contributed by atoms with van der Waals surface area (Å²) >= 11 is 0. The van der Waals surface area contributed by atoms with E-state index in [1.54, 1.807) is 11.1 Å². The van der Waals surface area contributed by atoms with Crippen LogP contribution < -0.4 is 0 Å². The Labute approximate surface area is 126 Å². The van der Waals surface area contributed by atoms with E-state index >= 15 is 0 Å². The van der Waals surface area contributed by atoms with E-state index in [1.807, 2.05) is 0 Å². The van der Waals surface area contributed by atoms with Gasteiger partial charge in [0.25, 0.3) is 0 Å². The highest BCUT2D eigenvalue weighted by Gasteiger charge is 2.28. The standard InChI is InChI=1S/C20H20O/c1-2-6-15(7-3-1)14-21-18-11-10-17-12-16-8-4-5-9-19(16)20(17)13-18/h1-9,18H,10-14H2. The van der Waals surface area contributed by atoms with Gasteiger partial charge in [0.15, 0.2) is 0 Å². The summed E-state index contributed by atoms with van der Waals surface area (Å²) in [5.41, 5.74) is 7.46. The SMILES string of the molecule is c1ccc(COC2CCC3=C(C2)c2ccccc2C3)cc1. The molecule has 0 spiro atoms. The third-order valence-corrected chi connectivity index (χ3v) is 4.70. The summed E-state index contributed by atoms with van der Waals surface area (Å²) in [7, 11) is 0. The number of ether oxygens (including phenoxy) is 1. The normalized spacial score (nSPS) is 20.3. The van der Waals surface area contributed by atoms with Crippen molar-refractivity contribution in [3.05, 3.63) is 76.9 Å². The van der Waals surface area contributed by atoms with Crippen molar-refractivity contribution in [3.8, 4) is 0 Å². The Morgan fingerprint density at radius 1 is 0.952 bits per heavy atom. The first kappa shape index (κ1) is 12.8. The van der Waals surface area contributed by atoms with E-state index in [1.165, 1.54) is 29.5 Å². The molecule has 1 unspecified atom stereocenters. The van der Waals surface area contributed by atoms with Crippen molar-refractivity contribution >= 4 is 5.57 Å². The van der Waals surface area contributed by atoms with Crippen LogP contribution in [0.3, 0.4) is 0 Å². The van der Waals surface area contributed by atoms with Gasteiger partial charge in [-0.3, -0.25) is 0 Å². The first-order chi connectivity index (χ1) is 10.4. The molecule has 0 aliphatic heterocycles. The fourth-order valence-electron chi connectivity index (χ4n) is 3.58. The van der Waals surface area contributed by atoms with Gasteiger partial charge in [-0.25, -0.2) is 0 Å². The third kappa shape index (κ3) is 2.54. The van der Waals surface area contributed by atoms with Gasteiger partial charge in [-0.1, -0.05) is 60.2 Å². The first-order valence-electron chi connectivity index (χ1n) is 7.85. The molecule has 1 heteroatoms. The Bertz CT molecular complexity index is 669. The zero-order chi connectivity index (χ0) is 14.1. The van der Waals surface area contributed by atoms with Gasteiger partial charge in [-0.2, -0.15) is 0 Å². The lowest BCUT2D eigenvalue weighted by atomic mass is 9.90. The lowest BCUT2D eigenvalue weighted by molar-refractivity contribution is 0.0362. The van der Waals surface area contributed by atoms with Crippen LogP contribution in [0.4, 0.5) is 0 Å². The second-order valence-electron chi connectivity index (χ2n) is 6.08. The second kappa shape index (κ2) is 5.50. The van der Waals surface area contributed by atoms with E-state index in [2.05, 4.69) is 54.6 Å². The summed E-state index contributed by atoms with van der Waals surface area (Å²) in [4.78, 5) is 0. The molecule has 0 saturated heterocycles. The molecule has 2 aromatic carbocycles. The molecule has 0 heterocycles. The molecule has 2 aliphatic carbocycles. The van der Waals surface area contributed by atoms with Crippen LogP contribution in [0.25, 0.3) is 5.57 Å². The number of hydrogen-bond acceptors (Lipinski definition) is 1. The van der Waals surface area contributed by atoms with Crippen molar-refractivity contribution in [2.24, 2.45) is 0 Å². The van der Waals surface area contributed by atoms with Gasteiger partial charge in [0.1, 0.15) is 0 Å². The molecule has 1 atom stereocenters. The fraction of sp³-hybridized carbons (Fsp3) is 0.300. The first-order valence-corrected chi connectivity index (χ1v) is 7.85. The van der Waals surface area contributed by atoms with Crippen LogP contribution in [0.5, 0.6) is 0 Å². The molecular weight excluding hydrogens is 256 g/mol. The summed E-state index contributed by atoms with van der Waals surface area (Å²) in [5.74, 6) is 0. The Kier molecular flexibility index (Phi) is 3.36. The summed E-state index contributed by atoms with van der Waals surface area (Å²) < 4.78 is 6.16. The summed E-state index contributed by atoms with van der Waals surface area (Å²) in [6, 6.07) is 19.3. The molecule has 0 bridgehead atoms. The van der Waals surface area contributed by atoms with Crippen molar-refractivity contribution in [1.82, 2.24) is 0 Å². The molecule has 0 radical (unpaired) electrons. The molecule has 0 fully saturated rings. The molecule has 0 amide bonds. The maximum atomic E-state index is 6.16. The van der Waals surface area contributed by atoms with E-state index in [0.29, 0.717) is 6.10 Å². The van der Waals surface area contributed by atoms with E-state index in [9.17, 15) is 0 Å². The van der Waals surface area contributed by atoms with Crippen molar-refractivity contribution in [2.75, 3.05) is 0 Å². The maximum Gasteiger partial charge on any atom is 0.0720 e. The number of benzene rings is 2. The maximum absolute atomic E-state index is 6.16. The average molecular weight is 276 g/mol. The lowest BCUT2D eigenvalue weighted by Crippen LogP contribution is -2.17. The highest BCUT2D eigenvalue weighted by Crippen LogP contribution is 2.42. The van der Waals surface area contributed by atoms with Crippen LogP contribution in [0.1, 0.15) is 36.0 Å². The minimum Gasteiger partial charge on any atom is -0.373 e. The van der Waals surface area contributed by atoms with E-state index < -0.39 is 0 Å². The van der Waals surface area contributed by atoms with Crippen LogP contribution in [0, 0.1) is 0 Å². The van der Waals surface area contributed by atoms with Crippen molar-refractivity contribution in [3.63, 3.8) is 0 Å². The van der Waals surface area contributed by atoms with E-state index in [0.717, 1.165) is 19.4 Å². The smallest absolute Gasteiger partial charge is 0.0720 e. The summed E-state index contributed by atoms with van der Waals surface area (Å²) in [6.07, 6.45) is 4.98. The summed E-state index contributed by atoms with van der Waals surface area (Å²) in [6.45, 7) is 0.732. The second-order valence-corrected chi connectivity index (χ2v) is 6.08. The molecule has 21 heavy (non-hydrogen) atoms. The van der Waals surface area contributed by atoms with Crippen molar-refractivity contribution in [1.29, 1.82) is 0 Å². The van der Waals surface area contributed by atoms with Crippen LogP contribution in [0.2, 0.25) is 0 Å². The molecule has 1 nitrogen and oxygen atoms in total. The molecule has 0 saturated carbocycles. The van der Waals surface area contributed by atoms with Crippen LogP contribution >= 0.6 is 0 Å². The minimum absolute atomic E-state index is 0.370. The Balaban J connectivity index is 1.45. The van der Waals surface area contributed by atoms with Gasteiger partial charge in [0.05, 0.1) is 12.7 Å². The Morgan fingerprint density at radius 3 is 2.67 bits per heavy atom. The molecule has 106 valence electrons. The Morgan fingerprint density at radius 2 is 1.76 bits per heavy atom. The largest absolute Gasteiger partial charge is 0.373 e. The highest BCUT2D eigenvalue weighted by molar-refractivity contribution is 5.77. The Hall–Kier alpha value is -1.86. The topological polar surface area (TPSA) is 9.23 Å². The number of fused-ring (bicyclic) bond motifs is 2.